The lowest BCUT2D eigenvalue weighted by atomic mass is 11.3. The Kier molecular flexibility index (Phi) is 304. The average Bonchev–Trinajstić information content (AvgIpc) is 1.00. The maximum Gasteiger partial charge on any atom is -0.106 e. The van der Waals surface area contributed by atoms with Gasteiger partial charge in [-0.25, -0.2) is 0 Å². The van der Waals surface area contributed by atoms with Gasteiger partial charge in [0.1, 0.15) is 0 Å². The SMILES string of the molecule is C=C.I.I.I.I. The summed E-state index contributed by atoms with van der Waals surface area (Å²) in [5.41, 5.74) is 0. The summed E-state index contributed by atoms with van der Waals surface area (Å²) in [5, 5.41) is 0. The van der Waals surface area contributed by atoms with Crippen molar-refractivity contribution in [1.82, 2.24) is 0 Å². The molecule has 0 fully saturated rings. The standard InChI is InChI=1S/C2H4.4HI/c1-2;;;;/h1-2H2;4*1H. The van der Waals surface area contributed by atoms with Crippen molar-refractivity contribution in [3.8, 4) is 0 Å². The fourth-order valence-electron chi connectivity index (χ4n) is 0. The van der Waals surface area contributed by atoms with E-state index in [-0.39, 0.29) is 95.9 Å². The highest BCUT2D eigenvalue weighted by Crippen LogP contribution is 0.889. The van der Waals surface area contributed by atoms with Crippen LogP contribution in [0.2, 0.25) is 0 Å². The lowest BCUT2D eigenvalue weighted by Crippen LogP contribution is -0.552. The van der Waals surface area contributed by atoms with E-state index >= 15 is 0 Å². The predicted molar refractivity (Wildman–Crippen MR) is 72.9 cm³/mol. The van der Waals surface area contributed by atoms with Crippen molar-refractivity contribution in [2.75, 3.05) is 0 Å². The summed E-state index contributed by atoms with van der Waals surface area (Å²) in [6.07, 6.45) is 0. The van der Waals surface area contributed by atoms with Crippen LogP contribution in [-0.4, -0.2) is 0 Å². The Hall–Kier alpha value is 2.66. The normalized spacial score (nSPS) is 0.667. The van der Waals surface area contributed by atoms with E-state index in [1.165, 1.54) is 0 Å². The van der Waals surface area contributed by atoms with Gasteiger partial charge in [0, 0.05) is 0 Å². The summed E-state index contributed by atoms with van der Waals surface area (Å²) in [6, 6.07) is 0. The smallest absolute Gasteiger partial charge is 0.106 e. The van der Waals surface area contributed by atoms with Gasteiger partial charge in [-0.15, -0.1) is 109 Å². The van der Waals surface area contributed by atoms with Crippen LogP contribution in [0.1, 0.15) is 0 Å². The van der Waals surface area contributed by atoms with Crippen molar-refractivity contribution in [1.29, 1.82) is 0 Å². The molecule has 0 rings (SSSR count). The van der Waals surface area contributed by atoms with E-state index in [0.29, 0.717) is 0 Å². The molecular weight excluding hydrogens is 532 g/mol. The van der Waals surface area contributed by atoms with Crippen LogP contribution >= 0.6 is 95.9 Å². The molecule has 0 spiro atoms. The minimum Gasteiger partial charge on any atom is -0.107 e. The van der Waals surface area contributed by atoms with Gasteiger partial charge >= 0.3 is 0 Å². The zero-order chi connectivity index (χ0) is 2.00. The molecular formula is C2H8I4. The van der Waals surface area contributed by atoms with Crippen LogP contribution in [0, 0.1) is 0 Å². The fraction of sp³-hybridized carbons (Fsp3) is 0. The highest BCUT2D eigenvalue weighted by Gasteiger charge is 0.601. The van der Waals surface area contributed by atoms with E-state index in [9.17, 15) is 0 Å². The van der Waals surface area contributed by atoms with Crippen LogP contribution in [0.3, 0.4) is 0 Å². The third kappa shape index (κ3) is 30.2. The van der Waals surface area contributed by atoms with Gasteiger partial charge in [0.15, 0.2) is 0 Å². The molecule has 0 atom stereocenters. The lowest BCUT2D eigenvalue weighted by molar-refractivity contribution is 2.81. The Morgan fingerprint density at radius 1 is 0.500 bits per heavy atom. The first-order chi connectivity index (χ1) is 1.00. The van der Waals surface area contributed by atoms with Gasteiger partial charge in [0.2, 0.25) is 0 Å². The largest absolute Gasteiger partial charge is 0.107 e. The number of rotatable bonds is 0. The fourth-order valence-corrected chi connectivity index (χ4v) is 0. The van der Waals surface area contributed by atoms with E-state index in [0.717, 1.165) is 0 Å². The molecule has 0 aromatic heterocycles. The Balaban J connectivity index is -0.000000000833. The third-order valence-corrected chi connectivity index (χ3v) is 0. The van der Waals surface area contributed by atoms with E-state index < -0.39 is 0 Å². The van der Waals surface area contributed by atoms with Gasteiger partial charge < -0.3 is 0 Å². The van der Waals surface area contributed by atoms with E-state index in [1.807, 2.05) is 0 Å². The molecule has 0 bridgehead atoms. The molecule has 0 heterocycles. The molecule has 0 aromatic rings. The Morgan fingerprint density at radius 3 is 0.500 bits per heavy atom. The van der Waals surface area contributed by atoms with E-state index in [4.69, 9.17) is 0 Å². The topological polar surface area (TPSA) is 0 Å². The highest BCUT2D eigenvalue weighted by molar-refractivity contribution is 14.0. The second-order valence-corrected chi connectivity index (χ2v) is 0. The molecule has 0 saturated heterocycles. The van der Waals surface area contributed by atoms with Crippen molar-refractivity contribution >= 4 is 95.9 Å². The van der Waals surface area contributed by atoms with Crippen LogP contribution in [0.25, 0.3) is 0 Å². The second-order valence-electron chi connectivity index (χ2n) is 0. The molecule has 0 N–H and O–H groups in total. The zero-order valence-electron chi connectivity index (χ0n) is 3.05. The molecule has 4 heteroatoms. The lowest BCUT2D eigenvalue weighted by Gasteiger charge is -0.813. The summed E-state index contributed by atoms with van der Waals surface area (Å²) in [5.74, 6) is 0. The van der Waals surface area contributed by atoms with Gasteiger partial charge in [0.25, 0.3) is 0 Å². The van der Waals surface area contributed by atoms with Gasteiger partial charge in [-0.3, -0.25) is 0 Å². The van der Waals surface area contributed by atoms with Gasteiger partial charge in [-0.05, 0) is 0 Å². The summed E-state index contributed by atoms with van der Waals surface area (Å²) in [7, 11) is 0. The maximum absolute atomic E-state index is 3.00. The first-order valence-electron chi connectivity index (χ1n) is 0.500. The highest BCUT2D eigenvalue weighted by atomic mass is 127. The first-order valence-corrected chi connectivity index (χ1v) is 0.500. The third-order valence-electron chi connectivity index (χ3n) is 0. The van der Waals surface area contributed by atoms with Crippen molar-refractivity contribution in [3.05, 3.63) is 13.2 Å². The van der Waals surface area contributed by atoms with Gasteiger partial charge in [-0.2, -0.15) is 0 Å². The maximum atomic E-state index is 3.00. The molecule has 6 heavy (non-hydrogen) atoms. The van der Waals surface area contributed by atoms with Crippen molar-refractivity contribution in [2.24, 2.45) is 0 Å². The van der Waals surface area contributed by atoms with Crippen molar-refractivity contribution in [2.45, 2.75) is 0 Å². The Bertz CT molecular complexity index is 5.51. The summed E-state index contributed by atoms with van der Waals surface area (Å²) in [6.45, 7) is 6.00. The molecule has 0 aliphatic carbocycles. The second kappa shape index (κ2) is 48.0. The van der Waals surface area contributed by atoms with E-state index in [2.05, 4.69) is 13.2 Å². The van der Waals surface area contributed by atoms with Gasteiger partial charge in [0.05, 0.1) is 0 Å². The number of halogens is 4. The Labute approximate surface area is 107 Å². The van der Waals surface area contributed by atoms with Crippen LogP contribution in [0.4, 0.5) is 0 Å². The molecule has 0 radical (unpaired) electrons. The molecule has 0 unspecified atom stereocenters. The summed E-state index contributed by atoms with van der Waals surface area (Å²) >= 11 is 0. The molecule has 0 nitrogen and oxygen atoms in total. The Morgan fingerprint density at radius 2 is 0.500 bits per heavy atom. The zero-order valence-corrected chi connectivity index (χ0v) is 12.4. The number of hydrogen-bond donors (Lipinski definition) is 0. The minimum absolute atomic E-state index is 0. The molecule has 0 aromatic carbocycles. The van der Waals surface area contributed by atoms with Crippen LogP contribution in [0.15, 0.2) is 13.2 Å². The molecule has 0 amide bonds. The summed E-state index contributed by atoms with van der Waals surface area (Å²) in [4.78, 5) is 0. The first kappa shape index (κ1) is 37.9. The van der Waals surface area contributed by atoms with Crippen LogP contribution < -0.4 is 0 Å². The van der Waals surface area contributed by atoms with Crippen molar-refractivity contribution < 1.29 is 0 Å². The van der Waals surface area contributed by atoms with E-state index in [1.54, 1.807) is 0 Å². The predicted octanol–water partition coefficient (Wildman–Crippen LogP) is 3.27. The monoisotopic (exact) mass is 540 g/mol. The minimum atomic E-state index is 0. The molecule has 44 valence electrons. The summed E-state index contributed by atoms with van der Waals surface area (Å²) < 4.78 is 0. The molecule has 0 aliphatic heterocycles. The quantitative estimate of drug-likeness (QED) is 0.328. The molecule has 0 aliphatic rings. The van der Waals surface area contributed by atoms with Crippen LogP contribution in [0.5, 0.6) is 0 Å². The number of hydrogen-bond acceptors (Lipinski definition) is 0. The van der Waals surface area contributed by atoms with Gasteiger partial charge in [-0.1, -0.05) is 0 Å². The van der Waals surface area contributed by atoms with Crippen molar-refractivity contribution in [3.63, 3.8) is 0 Å². The van der Waals surface area contributed by atoms with Crippen LogP contribution in [-0.2, 0) is 0 Å². The molecule has 0 saturated carbocycles. The average molecular weight is 540 g/mol.